The van der Waals surface area contributed by atoms with Gasteiger partial charge in [-0.3, -0.25) is 5.41 Å². The summed E-state index contributed by atoms with van der Waals surface area (Å²) in [6, 6.07) is 5.12. The molecule has 0 aliphatic carbocycles. The second kappa shape index (κ2) is 5.79. The van der Waals surface area contributed by atoms with Crippen LogP contribution in [0.4, 0.5) is 11.4 Å². The van der Waals surface area contributed by atoms with Gasteiger partial charge in [-0.2, -0.15) is 0 Å². The fourth-order valence-corrected chi connectivity index (χ4v) is 1.33. The summed E-state index contributed by atoms with van der Waals surface area (Å²) in [6.45, 7) is 6.09. The van der Waals surface area contributed by atoms with Crippen molar-refractivity contribution < 1.29 is 9.47 Å². The van der Waals surface area contributed by atoms with Crippen LogP contribution >= 0.6 is 0 Å². The zero-order valence-electron chi connectivity index (χ0n) is 10.0. The minimum atomic E-state index is 0.0526. The highest BCUT2D eigenvalue weighted by Crippen LogP contribution is 2.21. The minimum absolute atomic E-state index is 0.0526. The number of nitrogens with two attached hydrogens (primary N) is 1. The van der Waals surface area contributed by atoms with Crippen LogP contribution in [0.15, 0.2) is 30.7 Å². The summed E-state index contributed by atoms with van der Waals surface area (Å²) in [6.07, 6.45) is 0. The summed E-state index contributed by atoms with van der Waals surface area (Å²) in [4.78, 5) is 0. The van der Waals surface area contributed by atoms with Gasteiger partial charge < -0.3 is 20.5 Å². The Morgan fingerprint density at radius 3 is 2.82 bits per heavy atom. The first-order valence-corrected chi connectivity index (χ1v) is 5.19. The lowest BCUT2D eigenvalue weighted by atomic mass is 10.1. The molecular formula is C12H17N3O2. The van der Waals surface area contributed by atoms with Gasteiger partial charge >= 0.3 is 0 Å². The molecule has 1 rings (SSSR count). The number of anilines is 2. The van der Waals surface area contributed by atoms with Gasteiger partial charge in [0.2, 0.25) is 5.90 Å². The summed E-state index contributed by atoms with van der Waals surface area (Å²) >= 11 is 0. The molecule has 0 saturated heterocycles. The van der Waals surface area contributed by atoms with E-state index < -0.39 is 0 Å². The van der Waals surface area contributed by atoms with Crippen LogP contribution in [-0.4, -0.2) is 19.6 Å². The van der Waals surface area contributed by atoms with Crippen LogP contribution in [0.3, 0.4) is 0 Å². The topological polar surface area (TPSA) is 80.4 Å². The summed E-state index contributed by atoms with van der Waals surface area (Å²) in [5.41, 5.74) is 7.52. The number of ether oxygens (including phenoxy) is 2. The van der Waals surface area contributed by atoms with E-state index in [4.69, 9.17) is 20.6 Å². The number of benzene rings is 1. The second-order valence-electron chi connectivity index (χ2n) is 3.32. The van der Waals surface area contributed by atoms with Crippen LogP contribution in [0.25, 0.3) is 0 Å². The van der Waals surface area contributed by atoms with E-state index in [-0.39, 0.29) is 5.90 Å². The summed E-state index contributed by atoms with van der Waals surface area (Å²) < 4.78 is 10.1. The van der Waals surface area contributed by atoms with Gasteiger partial charge in [0.1, 0.15) is 0 Å². The standard InChI is InChI=1S/C12H17N3O2/c1-4-17-8(2)15-11-7-9(13)5-6-10(11)12(14)16-3/h5-7,14-15H,2,4,13H2,1,3H3. The van der Waals surface area contributed by atoms with Crippen molar-refractivity contribution >= 4 is 17.3 Å². The van der Waals surface area contributed by atoms with Crippen molar-refractivity contribution in [2.24, 2.45) is 0 Å². The Kier molecular flexibility index (Phi) is 4.39. The van der Waals surface area contributed by atoms with Crippen molar-refractivity contribution in [2.45, 2.75) is 6.92 Å². The molecule has 0 heterocycles. The molecule has 0 atom stereocenters. The largest absolute Gasteiger partial charge is 0.481 e. The van der Waals surface area contributed by atoms with Gasteiger partial charge in [-0.15, -0.1) is 0 Å². The Morgan fingerprint density at radius 1 is 1.53 bits per heavy atom. The van der Waals surface area contributed by atoms with E-state index >= 15 is 0 Å². The molecule has 0 fully saturated rings. The number of rotatable bonds is 5. The Hall–Kier alpha value is -2.17. The number of methoxy groups -OCH3 is 1. The van der Waals surface area contributed by atoms with E-state index in [1.807, 2.05) is 6.92 Å². The maximum atomic E-state index is 7.66. The quantitative estimate of drug-likeness (QED) is 0.316. The van der Waals surface area contributed by atoms with Crippen LogP contribution in [0.1, 0.15) is 12.5 Å². The van der Waals surface area contributed by atoms with Gasteiger partial charge in [0.05, 0.1) is 25.0 Å². The highest BCUT2D eigenvalue weighted by Gasteiger charge is 2.09. The van der Waals surface area contributed by atoms with Crippen LogP contribution in [-0.2, 0) is 9.47 Å². The molecule has 0 saturated carbocycles. The Bertz CT molecular complexity index is 430. The third kappa shape index (κ3) is 3.41. The van der Waals surface area contributed by atoms with Gasteiger partial charge in [-0.25, -0.2) is 0 Å². The third-order valence-electron chi connectivity index (χ3n) is 2.09. The molecule has 17 heavy (non-hydrogen) atoms. The monoisotopic (exact) mass is 235 g/mol. The maximum Gasteiger partial charge on any atom is 0.215 e. The first-order valence-electron chi connectivity index (χ1n) is 5.19. The van der Waals surface area contributed by atoms with E-state index in [0.717, 1.165) is 0 Å². The number of hydrogen-bond acceptors (Lipinski definition) is 5. The maximum absolute atomic E-state index is 7.66. The summed E-state index contributed by atoms with van der Waals surface area (Å²) in [5, 5.41) is 10.6. The fourth-order valence-electron chi connectivity index (χ4n) is 1.33. The average Bonchev–Trinajstić information content (AvgIpc) is 2.28. The summed E-state index contributed by atoms with van der Waals surface area (Å²) in [5.74, 6) is 0.458. The fraction of sp³-hybridized carbons (Fsp3) is 0.250. The van der Waals surface area contributed by atoms with Crippen molar-refractivity contribution in [3.05, 3.63) is 36.2 Å². The Morgan fingerprint density at radius 2 is 2.24 bits per heavy atom. The molecule has 0 spiro atoms. The number of hydrogen-bond donors (Lipinski definition) is 3. The molecule has 1 aromatic rings. The minimum Gasteiger partial charge on any atom is -0.481 e. The zero-order chi connectivity index (χ0) is 12.8. The lowest BCUT2D eigenvalue weighted by molar-refractivity contribution is 0.236. The first-order chi connectivity index (χ1) is 8.08. The van der Waals surface area contributed by atoms with Gasteiger partial charge in [0, 0.05) is 5.69 Å². The molecule has 0 bridgehead atoms. The van der Waals surface area contributed by atoms with Gasteiger partial charge in [0.25, 0.3) is 0 Å². The normalized spacial score (nSPS) is 9.53. The third-order valence-corrected chi connectivity index (χ3v) is 2.09. The van der Waals surface area contributed by atoms with Crippen LogP contribution < -0.4 is 11.1 Å². The lowest BCUT2D eigenvalue weighted by Crippen LogP contribution is -2.10. The van der Waals surface area contributed by atoms with Gasteiger partial charge in [0.15, 0.2) is 5.88 Å². The summed E-state index contributed by atoms with van der Waals surface area (Å²) in [7, 11) is 1.44. The van der Waals surface area contributed by atoms with Crippen molar-refractivity contribution in [3.8, 4) is 0 Å². The molecule has 1 aromatic carbocycles. The molecule has 0 aromatic heterocycles. The molecule has 0 aliphatic rings. The molecular weight excluding hydrogens is 218 g/mol. The molecule has 0 amide bonds. The SMILES string of the molecule is C=C(Nc1cc(N)ccc1C(=N)OC)OCC. The number of nitrogens with one attached hydrogen (secondary N) is 2. The molecule has 0 aliphatic heterocycles. The van der Waals surface area contributed by atoms with Crippen LogP contribution in [0.2, 0.25) is 0 Å². The predicted molar refractivity (Wildman–Crippen MR) is 69.1 cm³/mol. The molecule has 92 valence electrons. The molecule has 4 N–H and O–H groups in total. The zero-order valence-corrected chi connectivity index (χ0v) is 10.0. The number of nitrogen functional groups attached to an aromatic ring is 1. The average molecular weight is 235 g/mol. The Labute approximate surface area is 101 Å². The predicted octanol–water partition coefficient (Wildman–Crippen LogP) is 2.16. The van der Waals surface area contributed by atoms with E-state index in [2.05, 4.69) is 11.9 Å². The lowest BCUT2D eigenvalue weighted by Gasteiger charge is -2.14. The highest BCUT2D eigenvalue weighted by atomic mass is 16.5. The van der Waals surface area contributed by atoms with E-state index in [9.17, 15) is 0 Å². The van der Waals surface area contributed by atoms with E-state index in [0.29, 0.717) is 29.4 Å². The molecule has 5 heteroatoms. The second-order valence-corrected chi connectivity index (χ2v) is 3.32. The smallest absolute Gasteiger partial charge is 0.215 e. The van der Waals surface area contributed by atoms with Crippen molar-refractivity contribution in [1.29, 1.82) is 5.41 Å². The van der Waals surface area contributed by atoms with E-state index in [1.165, 1.54) is 7.11 Å². The van der Waals surface area contributed by atoms with Gasteiger partial charge in [-0.1, -0.05) is 0 Å². The van der Waals surface area contributed by atoms with Crippen LogP contribution in [0.5, 0.6) is 0 Å². The molecule has 5 nitrogen and oxygen atoms in total. The first kappa shape index (κ1) is 12.9. The van der Waals surface area contributed by atoms with Crippen LogP contribution in [0, 0.1) is 5.41 Å². The Balaban J connectivity index is 2.99. The van der Waals surface area contributed by atoms with Crippen molar-refractivity contribution in [1.82, 2.24) is 0 Å². The van der Waals surface area contributed by atoms with Crippen molar-refractivity contribution in [2.75, 3.05) is 24.8 Å². The van der Waals surface area contributed by atoms with E-state index in [1.54, 1.807) is 18.2 Å². The van der Waals surface area contributed by atoms with Gasteiger partial charge in [-0.05, 0) is 31.7 Å². The van der Waals surface area contributed by atoms with Crippen molar-refractivity contribution in [3.63, 3.8) is 0 Å². The molecule has 0 unspecified atom stereocenters. The molecule has 0 radical (unpaired) electrons. The highest BCUT2D eigenvalue weighted by molar-refractivity contribution is 5.98.